The van der Waals surface area contributed by atoms with Crippen LogP contribution in [-0.4, -0.2) is 0 Å². The van der Waals surface area contributed by atoms with Crippen LogP contribution in [0.15, 0.2) is 54.9 Å². The van der Waals surface area contributed by atoms with Gasteiger partial charge in [0.15, 0.2) is 24.5 Å². The monoisotopic (exact) mass is 234 g/mol. The lowest BCUT2D eigenvalue weighted by molar-refractivity contribution is -0.726. The van der Waals surface area contributed by atoms with E-state index in [4.69, 9.17) is 0 Å². The molecule has 0 radical (unpaired) electrons. The number of nitrogens with zero attached hydrogens (tertiary/aromatic N) is 3. The summed E-state index contributed by atoms with van der Waals surface area (Å²) in [6.45, 7) is 1.97. The van der Waals surface area contributed by atoms with Crippen molar-refractivity contribution in [3.05, 3.63) is 66.0 Å². The molecule has 3 nitrogen and oxygen atoms in total. The molecule has 0 aliphatic heterocycles. The highest BCUT2D eigenvalue weighted by Gasteiger charge is 2.42. The molecule has 1 heterocycles. The van der Waals surface area contributed by atoms with E-state index >= 15 is 0 Å². The lowest BCUT2D eigenvalue weighted by atomic mass is 9.92. The Bertz CT molecular complexity index is 602. The molecule has 1 aromatic heterocycles. The van der Waals surface area contributed by atoms with E-state index in [2.05, 4.69) is 12.1 Å². The number of rotatable bonds is 2. The molecule has 18 heavy (non-hydrogen) atoms. The van der Waals surface area contributed by atoms with Crippen LogP contribution >= 0.6 is 0 Å². The van der Waals surface area contributed by atoms with Gasteiger partial charge in [-0.1, -0.05) is 23.8 Å². The molecule has 0 bridgehead atoms. The van der Waals surface area contributed by atoms with Crippen LogP contribution in [0.2, 0.25) is 0 Å². The molecule has 2 rings (SSSR count). The molecule has 0 fully saturated rings. The maximum absolute atomic E-state index is 9.46. The first-order chi connectivity index (χ1) is 8.73. The normalized spacial score (nSPS) is 10.4. The topological polar surface area (TPSA) is 51.5 Å². The van der Waals surface area contributed by atoms with Crippen molar-refractivity contribution < 1.29 is 4.57 Å². The summed E-state index contributed by atoms with van der Waals surface area (Å²) in [6.07, 6.45) is 3.46. The fourth-order valence-corrected chi connectivity index (χ4v) is 1.84. The molecule has 0 N–H and O–H groups in total. The van der Waals surface area contributed by atoms with Crippen molar-refractivity contribution in [2.75, 3.05) is 0 Å². The summed E-state index contributed by atoms with van der Waals surface area (Å²) in [7, 11) is 0. The minimum absolute atomic E-state index is 0.675. The fraction of sp³-hybridized carbons (Fsp3) is 0.133. The van der Waals surface area contributed by atoms with Crippen molar-refractivity contribution in [2.24, 2.45) is 0 Å². The quantitative estimate of drug-likeness (QED) is 0.747. The third-order valence-electron chi connectivity index (χ3n) is 2.90. The van der Waals surface area contributed by atoms with Crippen LogP contribution in [0.3, 0.4) is 0 Å². The second-order valence-corrected chi connectivity index (χ2v) is 4.08. The third-order valence-corrected chi connectivity index (χ3v) is 2.90. The van der Waals surface area contributed by atoms with E-state index in [0.717, 1.165) is 5.56 Å². The second kappa shape index (κ2) is 4.69. The predicted molar refractivity (Wildman–Crippen MR) is 66.1 cm³/mol. The van der Waals surface area contributed by atoms with Crippen LogP contribution in [0.4, 0.5) is 0 Å². The molecule has 2 aromatic rings. The molecule has 0 aliphatic carbocycles. The van der Waals surface area contributed by atoms with Gasteiger partial charge in [-0.15, -0.1) is 0 Å². The Morgan fingerprint density at radius 1 is 0.944 bits per heavy atom. The van der Waals surface area contributed by atoms with Crippen LogP contribution in [0.1, 0.15) is 11.1 Å². The zero-order valence-electron chi connectivity index (χ0n) is 10.0. The maximum atomic E-state index is 9.46. The number of hydrogen-bond acceptors (Lipinski definition) is 2. The van der Waals surface area contributed by atoms with E-state index in [0.29, 0.717) is 5.56 Å². The number of hydrogen-bond donors (Lipinski definition) is 0. The highest BCUT2D eigenvalue weighted by molar-refractivity contribution is 5.37. The van der Waals surface area contributed by atoms with Crippen molar-refractivity contribution in [1.29, 1.82) is 10.5 Å². The summed E-state index contributed by atoms with van der Waals surface area (Å²) in [6, 6.07) is 17.1. The summed E-state index contributed by atoms with van der Waals surface area (Å²) < 4.78 is 1.62. The molecule has 0 aliphatic rings. The van der Waals surface area contributed by atoms with Gasteiger partial charge in [-0.3, -0.25) is 0 Å². The first-order valence-electron chi connectivity index (χ1n) is 5.59. The molecule has 3 heteroatoms. The van der Waals surface area contributed by atoms with E-state index in [1.54, 1.807) is 29.1 Å². The second-order valence-electron chi connectivity index (χ2n) is 4.08. The molecule has 0 unspecified atom stereocenters. The van der Waals surface area contributed by atoms with Gasteiger partial charge in [0, 0.05) is 12.1 Å². The van der Waals surface area contributed by atoms with E-state index in [9.17, 15) is 10.5 Å². The van der Waals surface area contributed by atoms with Gasteiger partial charge >= 0.3 is 5.54 Å². The molecule has 0 amide bonds. The molecular weight excluding hydrogens is 222 g/mol. The van der Waals surface area contributed by atoms with E-state index in [1.807, 2.05) is 37.3 Å². The molecule has 86 valence electrons. The number of nitriles is 2. The SMILES string of the molecule is Cc1ccc(C(C#N)(C#N)[n+]2ccccc2)cc1. The summed E-state index contributed by atoms with van der Waals surface area (Å²) in [4.78, 5) is 0. The highest BCUT2D eigenvalue weighted by Crippen LogP contribution is 2.19. The summed E-state index contributed by atoms with van der Waals surface area (Å²) in [5.41, 5.74) is 0.463. The minimum Gasteiger partial charge on any atom is -0.189 e. The lowest BCUT2D eigenvalue weighted by Gasteiger charge is -2.13. The summed E-state index contributed by atoms with van der Waals surface area (Å²) in [5.74, 6) is 0. The van der Waals surface area contributed by atoms with E-state index in [-0.39, 0.29) is 0 Å². The van der Waals surface area contributed by atoms with Crippen LogP contribution in [0.5, 0.6) is 0 Å². The van der Waals surface area contributed by atoms with Crippen LogP contribution in [0.25, 0.3) is 0 Å². The van der Waals surface area contributed by atoms with Gasteiger partial charge in [0.2, 0.25) is 0 Å². The Kier molecular flexibility index (Phi) is 3.08. The number of aryl methyl sites for hydroxylation is 1. The minimum atomic E-state index is -1.31. The molecule has 1 aromatic carbocycles. The average Bonchev–Trinajstić information content (AvgIpc) is 2.44. The molecule has 0 saturated carbocycles. The Balaban J connectivity index is 2.63. The first kappa shape index (κ1) is 11.8. The fourth-order valence-electron chi connectivity index (χ4n) is 1.84. The predicted octanol–water partition coefficient (Wildman–Crippen LogP) is 2.07. The molecule has 0 spiro atoms. The van der Waals surface area contributed by atoms with Crippen LogP contribution < -0.4 is 4.57 Å². The van der Waals surface area contributed by atoms with Crippen LogP contribution in [0, 0.1) is 29.6 Å². The van der Waals surface area contributed by atoms with Crippen molar-refractivity contribution in [1.82, 2.24) is 0 Å². The zero-order chi connectivity index (χ0) is 13.0. The van der Waals surface area contributed by atoms with Crippen LogP contribution in [-0.2, 0) is 5.54 Å². The molecule has 0 atom stereocenters. The Morgan fingerprint density at radius 2 is 1.50 bits per heavy atom. The van der Waals surface area contributed by atoms with Gasteiger partial charge in [0.05, 0.1) is 5.56 Å². The Hall–Kier alpha value is -2.65. The third kappa shape index (κ3) is 1.83. The zero-order valence-corrected chi connectivity index (χ0v) is 10.0. The standard InChI is InChI=1S/C15H12N3/c1-13-5-7-14(8-6-13)15(11-16,12-17)18-9-3-2-4-10-18/h2-10H,1H3/q+1. The Labute approximate surface area is 106 Å². The van der Waals surface area contributed by atoms with Crippen molar-refractivity contribution in [3.63, 3.8) is 0 Å². The van der Waals surface area contributed by atoms with Gasteiger partial charge in [-0.2, -0.15) is 15.1 Å². The van der Waals surface area contributed by atoms with Gasteiger partial charge in [-0.25, -0.2) is 0 Å². The van der Waals surface area contributed by atoms with E-state index < -0.39 is 5.54 Å². The lowest BCUT2D eigenvalue weighted by Crippen LogP contribution is -2.54. The maximum Gasteiger partial charge on any atom is 0.364 e. The van der Waals surface area contributed by atoms with E-state index in [1.165, 1.54) is 0 Å². The summed E-state index contributed by atoms with van der Waals surface area (Å²) >= 11 is 0. The highest BCUT2D eigenvalue weighted by atomic mass is 15.0. The Morgan fingerprint density at radius 3 is 2.00 bits per heavy atom. The van der Waals surface area contributed by atoms with Crippen molar-refractivity contribution in [3.8, 4) is 12.1 Å². The van der Waals surface area contributed by atoms with Gasteiger partial charge in [-0.05, 0) is 19.1 Å². The average molecular weight is 234 g/mol. The summed E-state index contributed by atoms with van der Waals surface area (Å²) in [5, 5.41) is 18.9. The molecular formula is C15H12N3+. The van der Waals surface area contributed by atoms with Gasteiger partial charge in [0.25, 0.3) is 0 Å². The largest absolute Gasteiger partial charge is 0.364 e. The van der Waals surface area contributed by atoms with Gasteiger partial charge < -0.3 is 0 Å². The van der Waals surface area contributed by atoms with Gasteiger partial charge in [0.1, 0.15) is 0 Å². The number of benzene rings is 1. The first-order valence-corrected chi connectivity index (χ1v) is 5.59. The number of pyridine rings is 1. The number of aromatic nitrogens is 1. The smallest absolute Gasteiger partial charge is 0.189 e. The van der Waals surface area contributed by atoms with Crippen molar-refractivity contribution in [2.45, 2.75) is 12.5 Å². The van der Waals surface area contributed by atoms with Crippen molar-refractivity contribution >= 4 is 0 Å². The molecule has 0 saturated heterocycles.